The number of hydrogen-bond donors (Lipinski definition) is 1. The van der Waals surface area contributed by atoms with Gasteiger partial charge in [0.05, 0.1) is 11.4 Å². The van der Waals surface area contributed by atoms with Gasteiger partial charge >= 0.3 is 0 Å². The van der Waals surface area contributed by atoms with E-state index >= 15 is 0 Å². The first kappa shape index (κ1) is 19.0. The Hall–Kier alpha value is -2.80. The number of carbonyl (C=O) groups excluding carboxylic acids is 2. The largest absolute Gasteiger partial charge is 0.375 e. The van der Waals surface area contributed by atoms with E-state index in [1.807, 2.05) is 29.2 Å². The average Bonchev–Trinajstić information content (AvgIpc) is 2.68. The number of nitrogens with zero attached hydrogens (tertiary/aromatic N) is 3. The maximum absolute atomic E-state index is 12.2. The minimum atomic E-state index is -0.119. The highest BCUT2D eigenvalue weighted by Gasteiger charge is 2.27. The van der Waals surface area contributed by atoms with Crippen LogP contribution in [0.5, 0.6) is 0 Å². The topological polar surface area (TPSA) is 84.4 Å². The van der Waals surface area contributed by atoms with Crippen LogP contribution in [-0.2, 0) is 14.3 Å². The van der Waals surface area contributed by atoms with Gasteiger partial charge in [-0.15, -0.1) is 0 Å². The summed E-state index contributed by atoms with van der Waals surface area (Å²) in [4.78, 5) is 34.5. The molecule has 0 saturated carbocycles. The van der Waals surface area contributed by atoms with Crippen LogP contribution in [0.3, 0.4) is 0 Å². The highest BCUT2D eigenvalue weighted by atomic mass is 16.5. The molecule has 0 radical (unpaired) electrons. The number of piperidine rings is 1. The lowest BCUT2D eigenvalue weighted by Gasteiger charge is -2.33. The van der Waals surface area contributed by atoms with Crippen molar-refractivity contribution in [3.05, 3.63) is 42.4 Å². The van der Waals surface area contributed by atoms with E-state index < -0.39 is 0 Å². The Balaban J connectivity index is 1.88. The zero-order valence-electron chi connectivity index (χ0n) is 15.6. The molecular formula is C20H24N4O3. The maximum atomic E-state index is 12.2. The molecular weight excluding hydrogens is 344 g/mol. The standard InChI is InChI=1S/C20H24N4O3/c1-14(25)23-17-7-3-5-15(11-17)19-20(22-9-8-21-19)16-6-4-10-24(12-16)18(26)13-27-2/h3,5,7-9,11,16H,4,6,10,12-13H2,1-2H3,(H,23,25). The summed E-state index contributed by atoms with van der Waals surface area (Å²) < 4.78 is 4.98. The van der Waals surface area contributed by atoms with E-state index in [1.54, 1.807) is 12.4 Å². The van der Waals surface area contributed by atoms with Crippen molar-refractivity contribution in [2.24, 2.45) is 0 Å². The summed E-state index contributed by atoms with van der Waals surface area (Å²) in [6.45, 7) is 2.93. The second-order valence-corrected chi connectivity index (χ2v) is 6.66. The molecule has 1 saturated heterocycles. The van der Waals surface area contributed by atoms with E-state index in [9.17, 15) is 9.59 Å². The van der Waals surface area contributed by atoms with Crippen LogP contribution in [-0.4, -0.2) is 53.5 Å². The smallest absolute Gasteiger partial charge is 0.248 e. The van der Waals surface area contributed by atoms with Crippen molar-refractivity contribution < 1.29 is 14.3 Å². The Kier molecular flexibility index (Phi) is 6.13. The van der Waals surface area contributed by atoms with E-state index in [0.717, 1.165) is 42.0 Å². The Morgan fingerprint density at radius 3 is 2.89 bits per heavy atom. The van der Waals surface area contributed by atoms with Crippen LogP contribution in [0.15, 0.2) is 36.7 Å². The number of rotatable bonds is 5. The van der Waals surface area contributed by atoms with Crippen LogP contribution in [0, 0.1) is 0 Å². The highest BCUT2D eigenvalue weighted by molar-refractivity contribution is 5.89. The van der Waals surface area contributed by atoms with Gasteiger partial charge in [0.25, 0.3) is 0 Å². The maximum Gasteiger partial charge on any atom is 0.248 e. The molecule has 0 aliphatic carbocycles. The number of carbonyl (C=O) groups is 2. The minimum absolute atomic E-state index is 0.000274. The normalized spacial score (nSPS) is 16.8. The van der Waals surface area contributed by atoms with Gasteiger partial charge in [0.2, 0.25) is 11.8 Å². The SMILES string of the molecule is COCC(=O)N1CCCC(c2nccnc2-c2cccc(NC(C)=O)c2)C1. The van der Waals surface area contributed by atoms with E-state index in [-0.39, 0.29) is 24.3 Å². The molecule has 27 heavy (non-hydrogen) atoms. The molecule has 1 N–H and O–H groups in total. The van der Waals surface area contributed by atoms with Gasteiger partial charge in [-0.05, 0) is 25.0 Å². The molecule has 1 aliphatic heterocycles. The number of nitrogens with one attached hydrogen (secondary N) is 1. The minimum Gasteiger partial charge on any atom is -0.375 e. The first-order valence-corrected chi connectivity index (χ1v) is 9.04. The first-order chi connectivity index (χ1) is 13.1. The molecule has 142 valence electrons. The molecule has 1 unspecified atom stereocenters. The molecule has 1 aromatic carbocycles. The van der Waals surface area contributed by atoms with E-state index in [0.29, 0.717) is 6.54 Å². The summed E-state index contributed by atoms with van der Waals surface area (Å²) in [5.74, 6) is -0.000860. The predicted octanol–water partition coefficient (Wildman–Crippen LogP) is 2.45. The van der Waals surface area contributed by atoms with Gasteiger partial charge in [0, 0.05) is 56.7 Å². The number of amides is 2. The van der Waals surface area contributed by atoms with E-state index in [4.69, 9.17) is 4.74 Å². The number of aromatic nitrogens is 2. The van der Waals surface area contributed by atoms with Crippen molar-refractivity contribution in [3.63, 3.8) is 0 Å². The number of benzene rings is 1. The summed E-state index contributed by atoms with van der Waals surface area (Å²) in [5.41, 5.74) is 3.28. The van der Waals surface area contributed by atoms with Gasteiger partial charge < -0.3 is 15.0 Å². The zero-order valence-corrected chi connectivity index (χ0v) is 15.6. The number of hydrogen-bond acceptors (Lipinski definition) is 5. The summed E-state index contributed by atoms with van der Waals surface area (Å²) in [6.07, 6.45) is 5.23. The number of ether oxygens (including phenoxy) is 1. The van der Waals surface area contributed by atoms with Crippen LogP contribution >= 0.6 is 0 Å². The zero-order chi connectivity index (χ0) is 19.2. The monoisotopic (exact) mass is 368 g/mol. The first-order valence-electron chi connectivity index (χ1n) is 9.04. The molecule has 1 atom stereocenters. The molecule has 1 fully saturated rings. The van der Waals surface area contributed by atoms with Gasteiger partial charge in [0.15, 0.2) is 0 Å². The van der Waals surface area contributed by atoms with Crippen LogP contribution in [0.1, 0.15) is 31.4 Å². The molecule has 0 bridgehead atoms. The third-order valence-electron chi connectivity index (χ3n) is 4.61. The fraction of sp³-hybridized carbons (Fsp3) is 0.400. The van der Waals surface area contributed by atoms with Gasteiger partial charge in [-0.1, -0.05) is 12.1 Å². The van der Waals surface area contributed by atoms with Crippen molar-refractivity contribution >= 4 is 17.5 Å². The molecule has 1 aliphatic rings. The lowest BCUT2D eigenvalue weighted by atomic mass is 9.91. The molecule has 3 rings (SSSR count). The van der Waals surface area contributed by atoms with Crippen molar-refractivity contribution in [2.75, 3.05) is 32.1 Å². The highest BCUT2D eigenvalue weighted by Crippen LogP contribution is 2.32. The predicted molar refractivity (Wildman–Crippen MR) is 102 cm³/mol. The van der Waals surface area contributed by atoms with Crippen molar-refractivity contribution in [2.45, 2.75) is 25.7 Å². The molecule has 0 spiro atoms. The summed E-state index contributed by atoms with van der Waals surface area (Å²) in [7, 11) is 1.53. The van der Waals surface area contributed by atoms with Crippen LogP contribution in [0.4, 0.5) is 5.69 Å². The second-order valence-electron chi connectivity index (χ2n) is 6.66. The van der Waals surface area contributed by atoms with Crippen molar-refractivity contribution in [1.29, 1.82) is 0 Å². The van der Waals surface area contributed by atoms with Crippen LogP contribution in [0.25, 0.3) is 11.3 Å². The second kappa shape index (κ2) is 8.73. The van der Waals surface area contributed by atoms with Gasteiger partial charge in [-0.3, -0.25) is 19.6 Å². The average molecular weight is 368 g/mol. The molecule has 7 heteroatoms. The Morgan fingerprint density at radius 2 is 2.11 bits per heavy atom. The third kappa shape index (κ3) is 4.68. The number of methoxy groups -OCH3 is 1. The van der Waals surface area contributed by atoms with E-state index in [1.165, 1.54) is 14.0 Å². The van der Waals surface area contributed by atoms with Gasteiger partial charge in [-0.25, -0.2) is 0 Å². The van der Waals surface area contributed by atoms with Crippen LogP contribution < -0.4 is 5.32 Å². The summed E-state index contributed by atoms with van der Waals surface area (Å²) >= 11 is 0. The lowest BCUT2D eigenvalue weighted by molar-refractivity contribution is -0.136. The number of anilines is 1. The quantitative estimate of drug-likeness (QED) is 0.876. The summed E-state index contributed by atoms with van der Waals surface area (Å²) in [5, 5.41) is 2.80. The van der Waals surface area contributed by atoms with Crippen LogP contribution in [0.2, 0.25) is 0 Å². The molecule has 2 aromatic rings. The molecule has 7 nitrogen and oxygen atoms in total. The Labute approximate surface area is 158 Å². The fourth-order valence-corrected chi connectivity index (χ4v) is 3.46. The molecule has 2 heterocycles. The Bertz CT molecular complexity index is 824. The van der Waals surface area contributed by atoms with Crippen molar-refractivity contribution in [3.8, 4) is 11.3 Å². The number of likely N-dealkylation sites (tertiary alicyclic amines) is 1. The van der Waals surface area contributed by atoms with E-state index in [2.05, 4.69) is 15.3 Å². The Morgan fingerprint density at radius 1 is 1.30 bits per heavy atom. The molecule has 1 aromatic heterocycles. The van der Waals surface area contributed by atoms with Gasteiger partial charge in [-0.2, -0.15) is 0 Å². The lowest BCUT2D eigenvalue weighted by Crippen LogP contribution is -2.41. The van der Waals surface area contributed by atoms with Crippen molar-refractivity contribution in [1.82, 2.24) is 14.9 Å². The van der Waals surface area contributed by atoms with Gasteiger partial charge in [0.1, 0.15) is 6.61 Å². The summed E-state index contributed by atoms with van der Waals surface area (Å²) in [6, 6.07) is 7.57. The molecule has 2 amide bonds. The third-order valence-corrected chi connectivity index (χ3v) is 4.61. The fourth-order valence-electron chi connectivity index (χ4n) is 3.46.